The largest absolute Gasteiger partial charge is 0.477 e. The first-order valence-electron chi connectivity index (χ1n) is 11.0. The number of nitrogens with zero attached hydrogens (tertiary/aromatic N) is 2. The van der Waals surface area contributed by atoms with Crippen LogP contribution >= 0.6 is 19.4 Å². The number of aliphatic hydroxyl groups excluding tert-OH is 1. The Kier molecular flexibility index (Phi) is 11.7. The van der Waals surface area contributed by atoms with Crippen LogP contribution < -0.4 is 5.32 Å². The van der Waals surface area contributed by atoms with E-state index in [0.29, 0.717) is 11.6 Å². The molecule has 0 amide bonds. The molecule has 2 unspecified atom stereocenters. The Morgan fingerprint density at radius 2 is 2.06 bits per heavy atom. The van der Waals surface area contributed by atoms with Crippen LogP contribution in [-0.2, 0) is 27.7 Å². The van der Waals surface area contributed by atoms with E-state index in [9.17, 15) is 14.5 Å². The van der Waals surface area contributed by atoms with Gasteiger partial charge in [-0.2, -0.15) is 0 Å². The normalized spacial score (nSPS) is 15.1. The number of fused-ring (bicyclic) bond motifs is 1. The summed E-state index contributed by atoms with van der Waals surface area (Å²) in [5, 5.41) is 14.7. The van der Waals surface area contributed by atoms with E-state index in [1.807, 2.05) is 31.2 Å². The van der Waals surface area contributed by atoms with Gasteiger partial charge < -0.3 is 20.1 Å². The number of aromatic nitrogens is 1. The molecular formula is C22H33ClN3O7P. The summed E-state index contributed by atoms with van der Waals surface area (Å²) in [6.07, 6.45) is 1.57. The van der Waals surface area contributed by atoms with Crippen molar-refractivity contribution in [1.82, 2.24) is 9.88 Å². The molecule has 0 aliphatic rings. The number of carbonyl (C=O) groups is 1. The first-order valence-corrected chi connectivity index (χ1v) is 12.8. The monoisotopic (exact) mass is 517 g/mol. The molecule has 12 heteroatoms. The Hall–Kier alpha value is -1.78. The van der Waals surface area contributed by atoms with Gasteiger partial charge in [-0.3, -0.25) is 14.0 Å². The van der Waals surface area contributed by atoms with Crippen LogP contribution in [0.15, 0.2) is 30.5 Å². The number of nitrogens with one attached hydrogen (secondary N) is 1. The van der Waals surface area contributed by atoms with Crippen molar-refractivity contribution in [3.63, 3.8) is 0 Å². The number of rotatable bonds is 15. The molecule has 34 heavy (non-hydrogen) atoms. The van der Waals surface area contributed by atoms with Crippen molar-refractivity contribution in [2.45, 2.75) is 39.0 Å². The molecule has 3 atom stereocenters. The molecule has 1 aromatic heterocycles. The highest BCUT2D eigenvalue weighted by Gasteiger charge is 2.32. The number of halogens is 1. The maximum absolute atomic E-state index is 12.4. The highest BCUT2D eigenvalue weighted by molar-refractivity contribution is 7.48. The van der Waals surface area contributed by atoms with Crippen LogP contribution in [0, 0.1) is 0 Å². The number of aliphatic hydroxyl groups is 1. The molecular weight excluding hydrogens is 485 g/mol. The van der Waals surface area contributed by atoms with Crippen molar-refractivity contribution in [1.29, 1.82) is 0 Å². The Balaban J connectivity index is 1.78. The van der Waals surface area contributed by atoms with Crippen molar-refractivity contribution < 1.29 is 32.8 Å². The molecule has 0 aliphatic heterocycles. The number of pyridine rings is 1. The first-order chi connectivity index (χ1) is 16.2. The smallest absolute Gasteiger partial charge is 0.465 e. The summed E-state index contributed by atoms with van der Waals surface area (Å²) in [7, 11) is -1.92. The van der Waals surface area contributed by atoms with Gasteiger partial charge in [-0.1, -0.05) is 18.5 Å². The molecule has 0 fully saturated rings. The van der Waals surface area contributed by atoms with Gasteiger partial charge in [-0.25, -0.2) is 13.9 Å². The average molecular weight is 518 g/mol. The predicted octanol–water partition coefficient (Wildman–Crippen LogP) is 4.07. The number of likely N-dealkylation sites (N-methyl/N-ethyl adjacent to an activating group) is 1. The number of phosphoric ester groups is 1. The van der Waals surface area contributed by atoms with E-state index in [1.165, 1.54) is 0 Å². The molecule has 190 valence electrons. The second kappa shape index (κ2) is 13.9. The van der Waals surface area contributed by atoms with Crippen molar-refractivity contribution in [3.05, 3.63) is 35.5 Å². The summed E-state index contributed by atoms with van der Waals surface area (Å²) >= 11 is 6.07. The fraction of sp³-hybridized carbons (Fsp3) is 0.545. The summed E-state index contributed by atoms with van der Waals surface area (Å²) in [5.41, 5.74) is 1.86. The number of hydrogen-bond donors (Lipinski definition) is 2. The lowest BCUT2D eigenvalue weighted by Crippen LogP contribution is -2.30. The quantitative estimate of drug-likeness (QED) is 0.203. The zero-order valence-corrected chi connectivity index (χ0v) is 21.6. The summed E-state index contributed by atoms with van der Waals surface area (Å²) in [5.74, 6) is -1.10. The van der Waals surface area contributed by atoms with Crippen molar-refractivity contribution in [3.8, 4) is 0 Å². The maximum atomic E-state index is 12.4. The third-order valence-corrected chi connectivity index (χ3v) is 6.82. The van der Waals surface area contributed by atoms with Gasteiger partial charge in [0.15, 0.2) is 0 Å². The Morgan fingerprint density at radius 1 is 1.29 bits per heavy atom. The Bertz CT molecular complexity index is 981. The minimum absolute atomic E-state index is 0.0339. The number of esters is 1. The molecule has 0 radical (unpaired) electrons. The van der Waals surface area contributed by atoms with Crippen LogP contribution in [0.25, 0.3) is 10.9 Å². The summed E-state index contributed by atoms with van der Waals surface area (Å²) < 4.78 is 31.4. The van der Waals surface area contributed by atoms with E-state index in [1.54, 1.807) is 6.20 Å². The molecule has 2 rings (SSSR count). The number of benzene rings is 1. The Labute approximate surface area is 205 Å². The van der Waals surface area contributed by atoms with Crippen molar-refractivity contribution >= 4 is 42.0 Å². The lowest BCUT2D eigenvalue weighted by atomic mass is 10.1. The van der Waals surface area contributed by atoms with E-state index in [2.05, 4.69) is 26.9 Å². The summed E-state index contributed by atoms with van der Waals surface area (Å²) in [6, 6.07) is 7.85. The van der Waals surface area contributed by atoms with Gasteiger partial charge in [-0.05, 0) is 57.1 Å². The van der Waals surface area contributed by atoms with Gasteiger partial charge in [0.2, 0.25) is 0 Å². The van der Waals surface area contributed by atoms with E-state index >= 15 is 0 Å². The second-order valence-corrected chi connectivity index (χ2v) is 9.75. The summed E-state index contributed by atoms with van der Waals surface area (Å²) in [6.45, 7) is 6.22. The van der Waals surface area contributed by atoms with Gasteiger partial charge in [-0.15, -0.1) is 0 Å². The lowest BCUT2D eigenvalue weighted by molar-refractivity contribution is -0.168. The number of phosphoric acid groups is 1. The second-order valence-electron chi connectivity index (χ2n) is 7.59. The number of hydrogen-bond acceptors (Lipinski definition) is 10. The minimum atomic E-state index is -4.09. The van der Waals surface area contributed by atoms with E-state index in [4.69, 9.17) is 25.2 Å². The number of methoxy groups -OCH3 is 1. The van der Waals surface area contributed by atoms with E-state index in [0.717, 1.165) is 56.7 Å². The number of carbonyl (C=O) groups excluding carboxylic acids is 1. The molecule has 0 saturated heterocycles. The van der Waals surface area contributed by atoms with Crippen LogP contribution in [0.2, 0.25) is 5.02 Å². The third kappa shape index (κ3) is 8.78. The van der Waals surface area contributed by atoms with Gasteiger partial charge in [0, 0.05) is 42.0 Å². The third-order valence-electron chi connectivity index (χ3n) is 5.18. The van der Waals surface area contributed by atoms with E-state index in [-0.39, 0.29) is 12.6 Å². The van der Waals surface area contributed by atoms with Gasteiger partial charge >= 0.3 is 13.8 Å². The standard InChI is InChI=1S/C22H33ClN3O7P/c1-5-26(13-14-32-34(29,31-4)33-22(28)21(27)30-3)12-6-7-16(2)25-19-10-11-24-20-15-17(23)8-9-18(19)20/h8-11,15-16,22,28H,5-7,12-14H2,1-4H3,(H,24,25)/t16-,22?,34?/m1/s1. The van der Waals surface area contributed by atoms with Crippen molar-refractivity contribution in [2.24, 2.45) is 0 Å². The lowest BCUT2D eigenvalue weighted by Gasteiger charge is -2.23. The molecule has 0 spiro atoms. The first kappa shape index (κ1) is 28.5. The van der Waals surface area contributed by atoms with Crippen LogP contribution in [0.4, 0.5) is 5.69 Å². The average Bonchev–Trinajstić information content (AvgIpc) is 2.82. The molecule has 0 aliphatic carbocycles. The fourth-order valence-corrected chi connectivity index (χ4v) is 4.36. The SMILES string of the molecule is CCN(CCC[C@@H](C)Nc1ccnc2cc(Cl)ccc12)CCOP(=O)(OC)OC(O)C(=O)OC. The number of ether oxygens (including phenoxy) is 1. The predicted molar refractivity (Wildman–Crippen MR) is 131 cm³/mol. The molecule has 1 aromatic carbocycles. The minimum Gasteiger partial charge on any atom is -0.465 e. The zero-order chi connectivity index (χ0) is 25.1. The zero-order valence-electron chi connectivity index (χ0n) is 19.9. The Morgan fingerprint density at radius 3 is 2.74 bits per heavy atom. The molecule has 0 bridgehead atoms. The molecule has 10 nitrogen and oxygen atoms in total. The van der Waals surface area contributed by atoms with Crippen LogP contribution in [0.3, 0.4) is 0 Å². The highest BCUT2D eigenvalue weighted by atomic mass is 35.5. The molecule has 0 saturated carbocycles. The van der Waals surface area contributed by atoms with Gasteiger partial charge in [0.25, 0.3) is 6.29 Å². The van der Waals surface area contributed by atoms with E-state index < -0.39 is 20.1 Å². The van der Waals surface area contributed by atoms with Crippen molar-refractivity contribution in [2.75, 3.05) is 45.8 Å². The fourth-order valence-electron chi connectivity index (χ4n) is 3.31. The maximum Gasteiger partial charge on any atom is 0.477 e. The molecule has 2 N–H and O–H groups in total. The number of anilines is 1. The van der Waals surface area contributed by atoms with Crippen LogP contribution in [-0.4, -0.2) is 73.8 Å². The molecule has 1 heterocycles. The van der Waals surface area contributed by atoms with Gasteiger partial charge in [0.1, 0.15) is 0 Å². The highest BCUT2D eigenvalue weighted by Crippen LogP contribution is 2.49. The van der Waals surface area contributed by atoms with Gasteiger partial charge in [0.05, 0.1) is 19.2 Å². The molecule has 2 aromatic rings. The van der Waals surface area contributed by atoms with Crippen LogP contribution in [0.1, 0.15) is 26.7 Å². The van der Waals surface area contributed by atoms with Crippen LogP contribution in [0.5, 0.6) is 0 Å². The topological polar surface area (TPSA) is 119 Å². The summed E-state index contributed by atoms with van der Waals surface area (Å²) in [4.78, 5) is 17.8.